The molecule has 3 N–H and O–H groups in total. The third-order valence-electron chi connectivity index (χ3n) is 3.33. The van der Waals surface area contributed by atoms with Gasteiger partial charge < -0.3 is 15.8 Å². The van der Waals surface area contributed by atoms with E-state index in [9.17, 15) is 4.79 Å². The first kappa shape index (κ1) is 17.2. The molecule has 0 aliphatic rings. The lowest BCUT2D eigenvalue weighted by Crippen LogP contribution is -2.12. The van der Waals surface area contributed by atoms with Gasteiger partial charge in [0.05, 0.1) is 11.9 Å². The fourth-order valence-corrected chi connectivity index (χ4v) is 2.03. The lowest BCUT2D eigenvalue weighted by molar-refractivity contribution is 0.0454. The predicted octanol–water partition coefficient (Wildman–Crippen LogP) is 1.96. The first-order chi connectivity index (χ1) is 12.5. The number of benzene rings is 1. The molecule has 1 aromatic carbocycles. The van der Waals surface area contributed by atoms with Crippen LogP contribution >= 0.6 is 0 Å². The minimum Gasteiger partial charge on any atom is -0.453 e. The second kappa shape index (κ2) is 7.51. The number of carbonyl (C=O) groups is 1. The molecule has 26 heavy (non-hydrogen) atoms. The third kappa shape index (κ3) is 4.47. The van der Waals surface area contributed by atoms with Gasteiger partial charge in [-0.3, -0.25) is 4.98 Å². The summed E-state index contributed by atoms with van der Waals surface area (Å²) in [5.41, 5.74) is 8.46. The number of nitrogens with one attached hydrogen (secondary N) is 1. The summed E-state index contributed by atoms with van der Waals surface area (Å²) in [7, 11) is 0. The highest BCUT2D eigenvalue weighted by Gasteiger charge is 2.12. The molecule has 0 aliphatic heterocycles. The van der Waals surface area contributed by atoms with Crippen molar-refractivity contribution in [3.8, 4) is 0 Å². The highest BCUT2D eigenvalue weighted by Crippen LogP contribution is 2.14. The first-order valence-corrected chi connectivity index (χ1v) is 7.79. The van der Waals surface area contributed by atoms with Crippen LogP contribution in [-0.4, -0.2) is 30.9 Å². The summed E-state index contributed by atoms with van der Waals surface area (Å²) in [5.74, 6) is -0.108. The monoisotopic (exact) mass is 351 g/mol. The molecule has 0 fully saturated rings. The van der Waals surface area contributed by atoms with Gasteiger partial charge in [-0.1, -0.05) is 17.7 Å². The molecule has 132 valence electrons. The molecule has 0 saturated heterocycles. The average molecular weight is 351 g/mol. The van der Waals surface area contributed by atoms with Crippen LogP contribution in [0.4, 0.5) is 17.6 Å². The van der Waals surface area contributed by atoms with Crippen molar-refractivity contribution in [2.75, 3.05) is 11.1 Å². The molecule has 0 aliphatic carbocycles. The number of nitrogens with zero attached hydrogens (tertiary/aromatic N) is 5. The van der Waals surface area contributed by atoms with E-state index in [0.29, 0.717) is 5.69 Å². The Morgan fingerprint density at radius 2 is 1.85 bits per heavy atom. The molecule has 9 heteroatoms. The highest BCUT2D eigenvalue weighted by molar-refractivity contribution is 5.86. The Balaban J connectivity index is 1.68. The van der Waals surface area contributed by atoms with E-state index in [-0.39, 0.29) is 30.0 Å². The normalized spacial score (nSPS) is 10.4. The zero-order chi connectivity index (χ0) is 18.5. The summed E-state index contributed by atoms with van der Waals surface area (Å²) in [6, 6.07) is 7.70. The molecule has 0 atom stereocenters. The zero-order valence-electron chi connectivity index (χ0n) is 14.3. The lowest BCUT2D eigenvalue weighted by atomic mass is 10.2. The largest absolute Gasteiger partial charge is 0.453 e. The zero-order valence-corrected chi connectivity index (χ0v) is 14.3. The van der Waals surface area contributed by atoms with Crippen LogP contribution in [0, 0.1) is 13.8 Å². The van der Waals surface area contributed by atoms with Crippen LogP contribution in [-0.2, 0) is 11.3 Å². The standard InChI is InChI=1S/C17H17N7O2/c1-10-3-5-12(6-4-10)21-17-23-14(22-16(18)24-17)9-26-15(25)13-8-19-11(2)7-20-13/h3-8H,9H2,1-2H3,(H3,18,21,22,23,24). The Morgan fingerprint density at radius 1 is 1.08 bits per heavy atom. The number of hydrogen-bond acceptors (Lipinski definition) is 9. The van der Waals surface area contributed by atoms with Crippen LogP contribution in [0.15, 0.2) is 36.7 Å². The average Bonchev–Trinajstić information content (AvgIpc) is 2.62. The van der Waals surface area contributed by atoms with Crippen molar-refractivity contribution >= 4 is 23.6 Å². The molecule has 2 heterocycles. The number of anilines is 3. The van der Waals surface area contributed by atoms with E-state index in [0.717, 1.165) is 11.3 Å². The second-order valence-corrected chi connectivity index (χ2v) is 5.54. The van der Waals surface area contributed by atoms with Crippen molar-refractivity contribution in [1.82, 2.24) is 24.9 Å². The number of ether oxygens (including phenoxy) is 1. The Kier molecular flexibility index (Phi) is 4.97. The van der Waals surface area contributed by atoms with Gasteiger partial charge in [-0.2, -0.15) is 15.0 Å². The summed E-state index contributed by atoms with van der Waals surface area (Å²) in [6.45, 7) is 3.61. The first-order valence-electron chi connectivity index (χ1n) is 7.79. The molecular weight excluding hydrogens is 334 g/mol. The maximum atomic E-state index is 12.0. The maximum Gasteiger partial charge on any atom is 0.358 e. The van der Waals surface area contributed by atoms with Gasteiger partial charge in [-0.05, 0) is 26.0 Å². The third-order valence-corrected chi connectivity index (χ3v) is 3.33. The molecule has 0 spiro atoms. The van der Waals surface area contributed by atoms with Crippen LogP contribution in [0.5, 0.6) is 0 Å². The molecule has 9 nitrogen and oxygen atoms in total. The lowest BCUT2D eigenvalue weighted by Gasteiger charge is -2.08. The van der Waals surface area contributed by atoms with E-state index in [4.69, 9.17) is 10.5 Å². The van der Waals surface area contributed by atoms with Gasteiger partial charge in [0.15, 0.2) is 18.1 Å². The minimum atomic E-state index is -0.621. The van der Waals surface area contributed by atoms with E-state index >= 15 is 0 Å². The van der Waals surface area contributed by atoms with Crippen LogP contribution in [0.3, 0.4) is 0 Å². The summed E-state index contributed by atoms with van der Waals surface area (Å²) in [4.78, 5) is 32.1. The highest BCUT2D eigenvalue weighted by atomic mass is 16.5. The molecule has 0 unspecified atom stereocenters. The van der Waals surface area contributed by atoms with Gasteiger partial charge in [0.25, 0.3) is 0 Å². The van der Waals surface area contributed by atoms with Crippen molar-refractivity contribution in [3.05, 3.63) is 59.4 Å². The van der Waals surface area contributed by atoms with Gasteiger partial charge in [0.1, 0.15) is 0 Å². The van der Waals surface area contributed by atoms with Crippen molar-refractivity contribution < 1.29 is 9.53 Å². The summed E-state index contributed by atoms with van der Waals surface area (Å²) < 4.78 is 5.15. The molecule has 0 bridgehead atoms. The van der Waals surface area contributed by atoms with E-state index < -0.39 is 5.97 Å². The number of hydrogen-bond donors (Lipinski definition) is 2. The molecule has 0 radical (unpaired) electrons. The van der Waals surface area contributed by atoms with Crippen LogP contribution in [0.2, 0.25) is 0 Å². The number of rotatable bonds is 5. The fourth-order valence-electron chi connectivity index (χ4n) is 2.03. The quantitative estimate of drug-likeness (QED) is 0.662. The van der Waals surface area contributed by atoms with E-state index in [1.165, 1.54) is 12.4 Å². The molecule has 0 saturated carbocycles. The molecule has 0 amide bonds. The predicted molar refractivity (Wildman–Crippen MR) is 94.6 cm³/mol. The number of aryl methyl sites for hydroxylation is 2. The molecular formula is C17H17N7O2. The Bertz CT molecular complexity index is 911. The number of esters is 1. The van der Waals surface area contributed by atoms with Gasteiger partial charge in [0, 0.05) is 11.9 Å². The maximum absolute atomic E-state index is 12.0. The molecule has 3 aromatic rings. The Labute approximate surface area is 149 Å². The number of aromatic nitrogens is 5. The SMILES string of the molecule is Cc1ccc(Nc2nc(N)nc(COC(=O)c3cnc(C)cn3)n2)cc1. The van der Waals surface area contributed by atoms with Crippen molar-refractivity contribution in [3.63, 3.8) is 0 Å². The van der Waals surface area contributed by atoms with E-state index in [1.807, 2.05) is 31.2 Å². The second-order valence-electron chi connectivity index (χ2n) is 5.54. The van der Waals surface area contributed by atoms with Crippen LogP contribution in [0.25, 0.3) is 0 Å². The number of carbonyl (C=O) groups excluding carboxylic acids is 1. The molecule has 2 aromatic heterocycles. The van der Waals surface area contributed by atoms with Crippen molar-refractivity contribution in [1.29, 1.82) is 0 Å². The van der Waals surface area contributed by atoms with Crippen LogP contribution < -0.4 is 11.1 Å². The Hall–Kier alpha value is -3.62. The van der Waals surface area contributed by atoms with E-state index in [2.05, 4.69) is 30.2 Å². The fraction of sp³-hybridized carbons (Fsp3) is 0.176. The van der Waals surface area contributed by atoms with Gasteiger partial charge in [0.2, 0.25) is 11.9 Å². The summed E-state index contributed by atoms with van der Waals surface area (Å²) >= 11 is 0. The van der Waals surface area contributed by atoms with Gasteiger partial charge >= 0.3 is 5.97 Å². The Morgan fingerprint density at radius 3 is 2.54 bits per heavy atom. The van der Waals surface area contributed by atoms with Crippen molar-refractivity contribution in [2.45, 2.75) is 20.5 Å². The van der Waals surface area contributed by atoms with E-state index in [1.54, 1.807) is 6.92 Å². The van der Waals surface area contributed by atoms with Crippen LogP contribution in [0.1, 0.15) is 27.6 Å². The summed E-state index contributed by atoms with van der Waals surface area (Å²) in [6.07, 6.45) is 2.84. The van der Waals surface area contributed by atoms with Gasteiger partial charge in [-0.15, -0.1) is 0 Å². The van der Waals surface area contributed by atoms with Crippen molar-refractivity contribution in [2.24, 2.45) is 0 Å². The molecule has 3 rings (SSSR count). The smallest absolute Gasteiger partial charge is 0.358 e. The summed E-state index contributed by atoms with van der Waals surface area (Å²) in [5, 5.41) is 3.03. The number of nitrogen functional groups attached to an aromatic ring is 1. The topological polar surface area (TPSA) is 129 Å². The number of nitrogens with two attached hydrogens (primary N) is 1. The van der Waals surface area contributed by atoms with Gasteiger partial charge in [-0.25, -0.2) is 9.78 Å². The minimum absolute atomic E-state index is 0.0239.